The summed E-state index contributed by atoms with van der Waals surface area (Å²) in [5, 5.41) is 2.77. The highest BCUT2D eigenvalue weighted by molar-refractivity contribution is 5.93. The number of aromatic nitrogens is 1. The fourth-order valence-electron chi connectivity index (χ4n) is 2.65. The normalized spacial score (nSPS) is 18.8. The van der Waals surface area contributed by atoms with Gasteiger partial charge in [0.05, 0.1) is 18.3 Å². The molecule has 146 valence electrons. The van der Waals surface area contributed by atoms with Crippen LogP contribution in [-0.4, -0.2) is 67.5 Å². The highest BCUT2D eigenvalue weighted by atomic mass is 19.4. The van der Waals surface area contributed by atoms with Gasteiger partial charge in [0, 0.05) is 38.4 Å². The second-order valence-electron chi connectivity index (χ2n) is 6.65. The van der Waals surface area contributed by atoms with Crippen LogP contribution in [0.25, 0.3) is 0 Å². The number of carbonyl (C=O) groups excluding carboxylic acids is 1. The Labute approximate surface area is 150 Å². The number of amides is 1. The molecule has 0 aromatic carbocycles. The van der Waals surface area contributed by atoms with Crippen molar-refractivity contribution >= 4 is 5.91 Å². The van der Waals surface area contributed by atoms with Gasteiger partial charge in [-0.2, -0.15) is 13.2 Å². The number of morpholine rings is 1. The van der Waals surface area contributed by atoms with Gasteiger partial charge in [-0.3, -0.25) is 9.69 Å². The zero-order chi connectivity index (χ0) is 19.2. The maximum Gasteiger partial charge on any atom is 0.422 e. The summed E-state index contributed by atoms with van der Waals surface area (Å²) in [5.41, 5.74) is 0.249. The zero-order valence-electron chi connectivity index (χ0n) is 14.9. The van der Waals surface area contributed by atoms with Crippen molar-refractivity contribution in [2.45, 2.75) is 26.1 Å². The molecule has 0 bridgehead atoms. The van der Waals surface area contributed by atoms with Crippen LogP contribution < -0.4 is 10.1 Å². The average molecular weight is 375 g/mol. The molecular formula is C17H24F3N3O3. The lowest BCUT2D eigenvalue weighted by Gasteiger charge is -2.33. The molecule has 1 amide bonds. The molecule has 0 radical (unpaired) electrons. The number of hydrogen-bond donors (Lipinski definition) is 1. The van der Waals surface area contributed by atoms with Crippen LogP contribution in [0.2, 0.25) is 0 Å². The number of hydrogen-bond acceptors (Lipinski definition) is 5. The van der Waals surface area contributed by atoms with Crippen molar-refractivity contribution in [1.29, 1.82) is 0 Å². The number of nitrogens with one attached hydrogen (secondary N) is 1. The minimum Gasteiger partial charge on any atom is -0.468 e. The molecule has 9 heteroatoms. The minimum atomic E-state index is -4.43. The highest BCUT2D eigenvalue weighted by Crippen LogP contribution is 2.17. The molecule has 1 saturated heterocycles. The number of ether oxygens (including phenoxy) is 2. The van der Waals surface area contributed by atoms with Gasteiger partial charge < -0.3 is 14.8 Å². The van der Waals surface area contributed by atoms with Gasteiger partial charge in [0.25, 0.3) is 5.91 Å². The van der Waals surface area contributed by atoms with E-state index in [1.165, 1.54) is 18.3 Å². The molecule has 26 heavy (non-hydrogen) atoms. The third-order valence-corrected chi connectivity index (χ3v) is 3.72. The molecule has 1 aliphatic heterocycles. The summed E-state index contributed by atoms with van der Waals surface area (Å²) >= 11 is 0. The summed E-state index contributed by atoms with van der Waals surface area (Å²) in [5.74, 6) is 0.0239. The van der Waals surface area contributed by atoms with Crippen molar-refractivity contribution in [2.24, 2.45) is 5.92 Å². The second-order valence-corrected chi connectivity index (χ2v) is 6.65. The Bertz CT molecular complexity index is 579. The lowest BCUT2D eigenvalue weighted by molar-refractivity contribution is -0.154. The molecule has 1 fully saturated rings. The Morgan fingerprint density at radius 2 is 2.23 bits per heavy atom. The largest absolute Gasteiger partial charge is 0.468 e. The third kappa shape index (κ3) is 7.17. The number of alkyl halides is 3. The average Bonchev–Trinajstić information content (AvgIpc) is 2.57. The molecule has 1 aromatic heterocycles. The summed E-state index contributed by atoms with van der Waals surface area (Å²) in [4.78, 5) is 18.2. The quantitative estimate of drug-likeness (QED) is 0.791. The van der Waals surface area contributed by atoms with E-state index in [-0.39, 0.29) is 23.5 Å². The second kappa shape index (κ2) is 9.18. The fourth-order valence-corrected chi connectivity index (χ4v) is 2.65. The van der Waals surface area contributed by atoms with Crippen molar-refractivity contribution in [3.63, 3.8) is 0 Å². The maximum absolute atomic E-state index is 12.1. The summed E-state index contributed by atoms with van der Waals surface area (Å²) in [6.45, 7) is 6.49. The van der Waals surface area contributed by atoms with Crippen molar-refractivity contribution in [3.05, 3.63) is 23.9 Å². The lowest BCUT2D eigenvalue weighted by atomic mass is 10.1. The topological polar surface area (TPSA) is 63.7 Å². The number of carbonyl (C=O) groups is 1. The monoisotopic (exact) mass is 375 g/mol. The van der Waals surface area contributed by atoms with Gasteiger partial charge in [-0.1, -0.05) is 13.8 Å². The van der Waals surface area contributed by atoms with Crippen LogP contribution >= 0.6 is 0 Å². The Hall–Kier alpha value is -1.87. The van der Waals surface area contributed by atoms with E-state index in [0.29, 0.717) is 19.1 Å². The molecule has 0 aliphatic carbocycles. The van der Waals surface area contributed by atoms with Gasteiger partial charge in [0.15, 0.2) is 6.61 Å². The van der Waals surface area contributed by atoms with Gasteiger partial charge >= 0.3 is 6.18 Å². The van der Waals surface area contributed by atoms with Crippen molar-refractivity contribution < 1.29 is 27.4 Å². The van der Waals surface area contributed by atoms with Crippen LogP contribution in [0.15, 0.2) is 18.3 Å². The number of pyridine rings is 1. The first-order chi connectivity index (χ1) is 12.2. The fraction of sp³-hybridized carbons (Fsp3) is 0.647. The van der Waals surface area contributed by atoms with Crippen LogP contribution in [0.1, 0.15) is 24.2 Å². The highest BCUT2D eigenvalue weighted by Gasteiger charge is 2.28. The molecule has 2 heterocycles. The van der Waals surface area contributed by atoms with Gasteiger partial charge in [0.1, 0.15) is 0 Å². The van der Waals surface area contributed by atoms with Crippen LogP contribution in [-0.2, 0) is 4.74 Å². The predicted molar refractivity (Wildman–Crippen MR) is 89.1 cm³/mol. The molecule has 1 aliphatic rings. The standard InChI is InChI=1S/C17H24F3N3O3/c1-12(2)9-23-5-6-25-14(10-23)8-22-16(24)13-3-4-15(21-7-13)26-11-17(18,19)20/h3-4,7,12,14H,5-6,8-11H2,1-2H3,(H,22,24). The van der Waals surface area contributed by atoms with E-state index in [1.807, 2.05) is 0 Å². The Morgan fingerprint density at radius 1 is 1.46 bits per heavy atom. The molecule has 1 aromatic rings. The van der Waals surface area contributed by atoms with Crippen LogP contribution in [0.5, 0.6) is 5.88 Å². The van der Waals surface area contributed by atoms with E-state index >= 15 is 0 Å². The predicted octanol–water partition coefficient (Wildman–Crippen LogP) is 2.11. The molecular weight excluding hydrogens is 351 g/mol. The first-order valence-corrected chi connectivity index (χ1v) is 8.50. The molecule has 6 nitrogen and oxygen atoms in total. The van der Waals surface area contributed by atoms with E-state index in [1.54, 1.807) is 0 Å². The van der Waals surface area contributed by atoms with E-state index in [4.69, 9.17) is 4.74 Å². The third-order valence-electron chi connectivity index (χ3n) is 3.72. The number of rotatable bonds is 7. The molecule has 2 rings (SSSR count). The first-order valence-electron chi connectivity index (χ1n) is 8.50. The molecule has 1 unspecified atom stereocenters. The Kier molecular flexibility index (Phi) is 7.22. The first kappa shape index (κ1) is 20.4. The number of nitrogens with zero attached hydrogens (tertiary/aromatic N) is 2. The molecule has 1 N–H and O–H groups in total. The zero-order valence-corrected chi connectivity index (χ0v) is 14.9. The van der Waals surface area contributed by atoms with E-state index < -0.39 is 12.8 Å². The van der Waals surface area contributed by atoms with E-state index in [2.05, 4.69) is 33.8 Å². The summed E-state index contributed by atoms with van der Waals surface area (Å²) in [7, 11) is 0. The Morgan fingerprint density at radius 3 is 2.85 bits per heavy atom. The van der Waals surface area contributed by atoms with Crippen molar-refractivity contribution in [1.82, 2.24) is 15.2 Å². The minimum absolute atomic E-state index is 0.0891. The molecule has 1 atom stereocenters. The lowest BCUT2D eigenvalue weighted by Crippen LogP contribution is -2.48. The summed E-state index contributed by atoms with van der Waals surface area (Å²) < 4.78 is 46.4. The van der Waals surface area contributed by atoms with Gasteiger partial charge in [-0.05, 0) is 12.0 Å². The van der Waals surface area contributed by atoms with E-state index in [9.17, 15) is 18.0 Å². The van der Waals surface area contributed by atoms with Gasteiger partial charge in [-0.25, -0.2) is 4.98 Å². The summed E-state index contributed by atoms with van der Waals surface area (Å²) in [6, 6.07) is 2.61. The SMILES string of the molecule is CC(C)CN1CCOC(CNC(=O)c2ccc(OCC(F)(F)F)nc2)C1. The van der Waals surface area contributed by atoms with Crippen molar-refractivity contribution in [3.8, 4) is 5.88 Å². The van der Waals surface area contributed by atoms with Crippen molar-refractivity contribution in [2.75, 3.05) is 39.4 Å². The molecule has 0 saturated carbocycles. The van der Waals surface area contributed by atoms with Crippen LogP contribution in [0.3, 0.4) is 0 Å². The smallest absolute Gasteiger partial charge is 0.422 e. The van der Waals surface area contributed by atoms with Crippen LogP contribution in [0, 0.1) is 5.92 Å². The van der Waals surface area contributed by atoms with Crippen LogP contribution in [0.4, 0.5) is 13.2 Å². The molecule has 0 spiro atoms. The number of halogens is 3. The van der Waals surface area contributed by atoms with E-state index in [0.717, 1.165) is 19.6 Å². The Balaban J connectivity index is 1.78. The summed E-state index contributed by atoms with van der Waals surface area (Å²) in [6.07, 6.45) is -3.33. The maximum atomic E-state index is 12.1. The van der Waals surface area contributed by atoms with Gasteiger partial charge in [-0.15, -0.1) is 0 Å². The van der Waals surface area contributed by atoms with Gasteiger partial charge in [0.2, 0.25) is 5.88 Å².